The number of benzene rings is 1. The number of piperazine rings is 1. The summed E-state index contributed by atoms with van der Waals surface area (Å²) >= 11 is 0. The summed E-state index contributed by atoms with van der Waals surface area (Å²) in [5.74, 6) is 0.00632. The van der Waals surface area contributed by atoms with E-state index in [1.54, 1.807) is 0 Å². The van der Waals surface area contributed by atoms with Crippen molar-refractivity contribution in [1.82, 2.24) is 19.8 Å². The molecule has 1 saturated heterocycles. The van der Waals surface area contributed by atoms with Gasteiger partial charge in [-0.25, -0.2) is 4.98 Å². The van der Waals surface area contributed by atoms with Crippen LogP contribution in [0.1, 0.15) is 55.1 Å². The molecule has 0 spiro atoms. The number of aromatic nitrogens is 2. The highest BCUT2D eigenvalue weighted by molar-refractivity contribution is 5.98. The summed E-state index contributed by atoms with van der Waals surface area (Å²) in [6.45, 7) is 2.34. The summed E-state index contributed by atoms with van der Waals surface area (Å²) in [6, 6.07) is 10.7. The second-order valence-electron chi connectivity index (χ2n) is 8.89. The lowest BCUT2D eigenvalue weighted by Crippen LogP contribution is -2.58. The molecule has 1 aromatic carbocycles. The first-order chi connectivity index (χ1) is 14.2. The van der Waals surface area contributed by atoms with E-state index in [9.17, 15) is 9.90 Å². The molecule has 0 radical (unpaired) electrons. The van der Waals surface area contributed by atoms with Gasteiger partial charge in [-0.15, -0.1) is 0 Å². The zero-order valence-corrected chi connectivity index (χ0v) is 16.9. The quantitative estimate of drug-likeness (QED) is 0.818. The number of aliphatic hydroxyl groups excluding tert-OH is 1. The molecule has 5 rings (SSSR count). The molecule has 3 fully saturated rings. The molecule has 29 heavy (non-hydrogen) atoms. The van der Waals surface area contributed by atoms with Crippen LogP contribution in [0.15, 0.2) is 36.7 Å². The molecule has 1 atom stereocenters. The third kappa shape index (κ3) is 3.28. The lowest BCUT2D eigenvalue weighted by molar-refractivity contribution is 0.0408. The molecule has 0 bridgehead atoms. The SMILES string of the molecule is O=C(c1ncn(C2CCCC2)c1-c1ccccc1)N1CCNC[C@@H]1C1(CO)CC1. The first-order valence-electron chi connectivity index (χ1n) is 11.0. The second kappa shape index (κ2) is 7.58. The van der Waals surface area contributed by atoms with E-state index < -0.39 is 0 Å². The van der Waals surface area contributed by atoms with Gasteiger partial charge in [0.15, 0.2) is 5.69 Å². The highest BCUT2D eigenvalue weighted by Gasteiger charge is 2.53. The van der Waals surface area contributed by atoms with Crippen LogP contribution in [0, 0.1) is 5.41 Å². The van der Waals surface area contributed by atoms with Gasteiger partial charge in [0.1, 0.15) is 0 Å². The predicted octanol–water partition coefficient (Wildman–Crippen LogP) is 2.85. The van der Waals surface area contributed by atoms with Gasteiger partial charge < -0.3 is 19.9 Å². The van der Waals surface area contributed by atoms with Gasteiger partial charge in [0.25, 0.3) is 5.91 Å². The number of nitrogens with one attached hydrogen (secondary N) is 1. The Kier molecular flexibility index (Phi) is 4.92. The van der Waals surface area contributed by atoms with Crippen LogP contribution in [0.2, 0.25) is 0 Å². The van der Waals surface area contributed by atoms with Crippen molar-refractivity contribution in [2.45, 2.75) is 50.6 Å². The number of carbonyl (C=O) groups is 1. The molecular formula is C23H30N4O2. The normalized spacial score (nSPS) is 24.0. The van der Waals surface area contributed by atoms with E-state index in [1.165, 1.54) is 12.8 Å². The number of aliphatic hydroxyl groups is 1. The number of nitrogens with zero attached hydrogens (tertiary/aromatic N) is 3. The fraction of sp³-hybridized carbons (Fsp3) is 0.565. The van der Waals surface area contributed by atoms with Crippen LogP contribution in [-0.4, -0.2) is 57.7 Å². The van der Waals surface area contributed by atoms with Crippen molar-refractivity contribution in [3.8, 4) is 11.3 Å². The maximum Gasteiger partial charge on any atom is 0.275 e. The third-order valence-corrected chi connectivity index (χ3v) is 7.18. The average Bonchev–Trinajstić information content (AvgIpc) is 3.17. The van der Waals surface area contributed by atoms with Gasteiger partial charge in [0.2, 0.25) is 0 Å². The standard InChI is InChI=1S/C23H30N4O2/c28-15-23(10-11-23)19-14-24-12-13-26(19)22(29)20-21(17-6-2-1-3-7-17)27(16-25-20)18-8-4-5-9-18/h1-3,6-7,16,18-19,24,28H,4-5,8-15H2/t19-/m1/s1. The van der Waals surface area contributed by atoms with Crippen molar-refractivity contribution >= 4 is 5.91 Å². The Morgan fingerprint density at radius 1 is 1.21 bits per heavy atom. The smallest absolute Gasteiger partial charge is 0.275 e. The van der Waals surface area contributed by atoms with Crippen molar-refractivity contribution in [2.24, 2.45) is 5.41 Å². The van der Waals surface area contributed by atoms with Crippen LogP contribution in [0.5, 0.6) is 0 Å². The molecule has 6 heteroatoms. The number of hydrogen-bond donors (Lipinski definition) is 2. The van der Waals surface area contributed by atoms with Crippen molar-refractivity contribution in [1.29, 1.82) is 0 Å². The van der Waals surface area contributed by atoms with E-state index in [0.717, 1.165) is 50.0 Å². The van der Waals surface area contributed by atoms with Crippen LogP contribution in [0.25, 0.3) is 11.3 Å². The van der Waals surface area contributed by atoms with Crippen molar-refractivity contribution < 1.29 is 9.90 Å². The Morgan fingerprint density at radius 3 is 2.66 bits per heavy atom. The Morgan fingerprint density at radius 2 is 1.97 bits per heavy atom. The third-order valence-electron chi connectivity index (χ3n) is 7.18. The first-order valence-corrected chi connectivity index (χ1v) is 11.0. The molecule has 3 aliphatic rings. The van der Waals surface area contributed by atoms with Gasteiger partial charge in [-0.1, -0.05) is 43.2 Å². The minimum atomic E-state index is -0.135. The molecule has 2 saturated carbocycles. The molecule has 1 amide bonds. The zero-order chi connectivity index (χ0) is 19.8. The highest BCUT2D eigenvalue weighted by atomic mass is 16.3. The fourth-order valence-corrected chi connectivity index (χ4v) is 5.25. The first kappa shape index (κ1) is 18.8. The van der Waals surface area contributed by atoms with Gasteiger partial charge in [0, 0.05) is 36.7 Å². The summed E-state index contributed by atoms with van der Waals surface area (Å²) in [6.07, 6.45) is 8.62. The van der Waals surface area contributed by atoms with E-state index >= 15 is 0 Å². The highest BCUT2D eigenvalue weighted by Crippen LogP contribution is 2.50. The fourth-order valence-electron chi connectivity index (χ4n) is 5.25. The molecule has 154 valence electrons. The monoisotopic (exact) mass is 394 g/mol. The van der Waals surface area contributed by atoms with Crippen molar-refractivity contribution in [3.63, 3.8) is 0 Å². The molecule has 2 aromatic rings. The molecule has 1 aliphatic heterocycles. The molecular weight excluding hydrogens is 364 g/mol. The number of imidazole rings is 1. The summed E-state index contributed by atoms with van der Waals surface area (Å²) in [4.78, 5) is 20.4. The molecule has 2 aliphatic carbocycles. The predicted molar refractivity (Wildman–Crippen MR) is 112 cm³/mol. The second-order valence-corrected chi connectivity index (χ2v) is 8.89. The molecule has 1 aromatic heterocycles. The number of carbonyl (C=O) groups excluding carboxylic acids is 1. The van der Waals surface area contributed by atoms with E-state index in [0.29, 0.717) is 18.3 Å². The van der Waals surface area contributed by atoms with Crippen molar-refractivity contribution in [3.05, 3.63) is 42.4 Å². The lowest BCUT2D eigenvalue weighted by Gasteiger charge is -2.40. The summed E-state index contributed by atoms with van der Waals surface area (Å²) in [5.41, 5.74) is 2.43. The minimum Gasteiger partial charge on any atom is -0.396 e. The van der Waals surface area contributed by atoms with Gasteiger partial charge >= 0.3 is 0 Å². The van der Waals surface area contributed by atoms with Crippen LogP contribution < -0.4 is 5.32 Å². The van der Waals surface area contributed by atoms with Gasteiger partial charge in [0.05, 0.1) is 24.7 Å². The van der Waals surface area contributed by atoms with Crippen molar-refractivity contribution in [2.75, 3.05) is 26.2 Å². The van der Waals surface area contributed by atoms with Gasteiger partial charge in [-0.05, 0) is 25.7 Å². The lowest BCUT2D eigenvalue weighted by atomic mass is 9.93. The van der Waals surface area contributed by atoms with Crippen LogP contribution >= 0.6 is 0 Å². The summed E-state index contributed by atoms with van der Waals surface area (Å²) < 4.78 is 2.24. The minimum absolute atomic E-state index is 0.00632. The van der Waals surface area contributed by atoms with Crippen LogP contribution in [0.4, 0.5) is 0 Å². The Balaban J connectivity index is 1.54. The van der Waals surface area contributed by atoms with Crippen LogP contribution in [0.3, 0.4) is 0 Å². The largest absolute Gasteiger partial charge is 0.396 e. The maximum atomic E-state index is 13.8. The Hall–Kier alpha value is -2.18. The van der Waals surface area contributed by atoms with Gasteiger partial charge in [-0.3, -0.25) is 4.79 Å². The van der Waals surface area contributed by atoms with E-state index in [4.69, 9.17) is 0 Å². The summed E-state index contributed by atoms with van der Waals surface area (Å²) in [5, 5.41) is 13.4. The number of hydrogen-bond acceptors (Lipinski definition) is 4. The van der Waals surface area contributed by atoms with E-state index in [2.05, 4.69) is 27.0 Å². The molecule has 2 heterocycles. The Labute approximate surface area is 171 Å². The van der Waals surface area contributed by atoms with E-state index in [-0.39, 0.29) is 24.0 Å². The topological polar surface area (TPSA) is 70.4 Å². The number of amides is 1. The Bertz CT molecular complexity index is 868. The average molecular weight is 395 g/mol. The van der Waals surface area contributed by atoms with E-state index in [1.807, 2.05) is 29.4 Å². The van der Waals surface area contributed by atoms with Crippen LogP contribution in [-0.2, 0) is 0 Å². The molecule has 6 nitrogen and oxygen atoms in total. The summed E-state index contributed by atoms with van der Waals surface area (Å²) in [7, 11) is 0. The number of rotatable bonds is 5. The molecule has 0 unspecified atom stereocenters. The van der Waals surface area contributed by atoms with Gasteiger partial charge in [-0.2, -0.15) is 0 Å². The zero-order valence-electron chi connectivity index (χ0n) is 16.9. The maximum absolute atomic E-state index is 13.8. The molecule has 2 N–H and O–H groups in total.